The van der Waals surface area contributed by atoms with E-state index in [1.165, 1.54) is 11.7 Å². The van der Waals surface area contributed by atoms with Crippen LogP contribution in [0.15, 0.2) is 74.1 Å². The monoisotopic (exact) mass is 782 g/mol. The molecule has 0 aliphatic carbocycles. The maximum Gasteiger partial charge on any atom is 0.338 e. The molecule has 0 unspecified atom stereocenters. The quantitative estimate of drug-likeness (QED) is 0.0884. The van der Waals surface area contributed by atoms with E-state index in [0.717, 1.165) is 29.5 Å². The summed E-state index contributed by atoms with van der Waals surface area (Å²) in [5, 5.41) is 22.9. The van der Waals surface area contributed by atoms with Gasteiger partial charge in [-0.15, -0.1) is 0 Å². The first-order chi connectivity index (χ1) is 24.4. The lowest BCUT2D eigenvalue weighted by Gasteiger charge is -2.25. The Morgan fingerprint density at radius 1 is 0.961 bits per heavy atom. The molecular weight excluding hydrogens is 752 g/mol. The number of hydrogen-bond donors (Lipinski definition) is 0. The summed E-state index contributed by atoms with van der Waals surface area (Å²) in [5.41, 5.74) is 0.155. The topological polar surface area (TPSA) is 184 Å². The molecule has 0 fully saturated rings. The van der Waals surface area contributed by atoms with E-state index in [-0.39, 0.29) is 34.0 Å². The summed E-state index contributed by atoms with van der Waals surface area (Å²) in [6.07, 6.45) is 1.61. The van der Waals surface area contributed by atoms with Crippen molar-refractivity contribution in [3.05, 3.63) is 115 Å². The van der Waals surface area contributed by atoms with Gasteiger partial charge in [-0.05, 0) is 91.2 Å². The summed E-state index contributed by atoms with van der Waals surface area (Å²) in [7, 11) is 1.36. The van der Waals surface area contributed by atoms with Crippen LogP contribution in [-0.4, -0.2) is 47.3 Å². The maximum absolute atomic E-state index is 14.2. The largest absolute Gasteiger partial charge is 0.493 e. The molecular formula is C34H31BrN4O11S. The minimum absolute atomic E-state index is 0.0587. The first kappa shape index (κ1) is 36.7. The lowest BCUT2D eigenvalue weighted by atomic mass is 9.95. The van der Waals surface area contributed by atoms with Gasteiger partial charge in [0.1, 0.15) is 0 Å². The van der Waals surface area contributed by atoms with Gasteiger partial charge in [0.2, 0.25) is 5.75 Å². The van der Waals surface area contributed by atoms with Gasteiger partial charge >= 0.3 is 11.7 Å². The number of fused-ring (bicyclic) bond motifs is 1. The van der Waals surface area contributed by atoms with E-state index in [4.69, 9.17) is 23.7 Å². The molecule has 1 atom stereocenters. The van der Waals surface area contributed by atoms with Crippen LogP contribution in [0.1, 0.15) is 44.9 Å². The molecule has 17 heteroatoms. The maximum atomic E-state index is 14.2. The van der Waals surface area contributed by atoms with Gasteiger partial charge in [-0.2, -0.15) is 0 Å². The Balaban J connectivity index is 1.63. The molecule has 1 aliphatic heterocycles. The second-order valence-electron chi connectivity index (χ2n) is 10.7. The Hall–Kier alpha value is -5.55. The summed E-state index contributed by atoms with van der Waals surface area (Å²) >= 11 is 4.54. The molecule has 266 valence electrons. The zero-order valence-corrected chi connectivity index (χ0v) is 30.4. The number of nitro benzene ring substituents is 2. The summed E-state index contributed by atoms with van der Waals surface area (Å²) in [4.78, 5) is 53.9. The van der Waals surface area contributed by atoms with Crippen molar-refractivity contribution in [3.63, 3.8) is 0 Å². The standard InChI is InChI=1S/C34H31BrN4O11S/c1-6-47-25-11-9-20(16-26(25)48-7-2)30-29(33(41)49-8-3)18(4)36-34-37(30)32(40)28(51-34)15-19-13-22(35)31(27(14-19)46-5)50-24-12-10-21(38(42)43)17-23(24)39(44)45/h9-17,30H,6-8H2,1-5H3/b28-15-/t30-/m1/s1. The van der Waals surface area contributed by atoms with Crippen molar-refractivity contribution in [1.29, 1.82) is 0 Å². The van der Waals surface area contributed by atoms with Crippen molar-refractivity contribution in [3.8, 4) is 28.7 Å². The zero-order valence-electron chi connectivity index (χ0n) is 28.0. The fourth-order valence-corrected chi connectivity index (χ4v) is 6.96. The van der Waals surface area contributed by atoms with E-state index < -0.39 is 38.8 Å². The number of carbonyl (C=O) groups excluding carboxylic acids is 1. The lowest BCUT2D eigenvalue weighted by Crippen LogP contribution is -2.40. The molecule has 0 radical (unpaired) electrons. The number of thiazole rings is 1. The summed E-state index contributed by atoms with van der Waals surface area (Å²) in [6, 6.07) is 10.5. The second kappa shape index (κ2) is 15.6. The van der Waals surface area contributed by atoms with Gasteiger partial charge in [0, 0.05) is 6.07 Å². The summed E-state index contributed by atoms with van der Waals surface area (Å²) in [5.74, 6) is 0.317. The van der Waals surface area contributed by atoms with Gasteiger partial charge in [0.15, 0.2) is 27.8 Å². The highest BCUT2D eigenvalue weighted by Gasteiger charge is 2.34. The molecule has 51 heavy (non-hydrogen) atoms. The first-order valence-electron chi connectivity index (χ1n) is 15.5. The Bertz CT molecular complexity index is 2260. The van der Waals surface area contributed by atoms with Gasteiger partial charge in [-0.25, -0.2) is 9.79 Å². The van der Waals surface area contributed by atoms with E-state index in [9.17, 15) is 29.8 Å². The van der Waals surface area contributed by atoms with E-state index in [2.05, 4.69) is 20.9 Å². The number of halogens is 1. The molecule has 5 rings (SSSR count). The van der Waals surface area contributed by atoms with Crippen molar-refractivity contribution >= 4 is 50.7 Å². The summed E-state index contributed by atoms with van der Waals surface area (Å²) < 4.78 is 30.4. The zero-order chi connectivity index (χ0) is 37.0. The van der Waals surface area contributed by atoms with Crippen LogP contribution < -0.4 is 33.8 Å². The Kier molecular flexibility index (Phi) is 11.2. The van der Waals surface area contributed by atoms with Crippen LogP contribution in [-0.2, 0) is 9.53 Å². The molecule has 0 N–H and O–H groups in total. The number of carbonyl (C=O) groups is 1. The molecule has 0 saturated carbocycles. The Morgan fingerprint density at radius 3 is 2.31 bits per heavy atom. The fourth-order valence-electron chi connectivity index (χ4n) is 5.38. The number of benzene rings is 3. The molecule has 15 nitrogen and oxygen atoms in total. The number of aromatic nitrogens is 1. The average Bonchev–Trinajstić information content (AvgIpc) is 3.39. The predicted octanol–water partition coefficient (Wildman–Crippen LogP) is 5.98. The third-order valence-corrected chi connectivity index (χ3v) is 9.08. The van der Waals surface area contributed by atoms with Gasteiger partial charge in [0.05, 0.1) is 69.2 Å². The van der Waals surface area contributed by atoms with Gasteiger partial charge < -0.3 is 23.7 Å². The van der Waals surface area contributed by atoms with Crippen LogP contribution in [0.3, 0.4) is 0 Å². The number of esters is 1. The molecule has 2 heterocycles. The SMILES string of the molecule is CCOC(=O)C1=C(C)N=c2s/c(=C\c3cc(Br)c(Oc4ccc([N+](=O)[O-])cc4[N+](=O)[O-])c(OC)c3)c(=O)n2[C@@H]1c1ccc(OCC)c(OCC)c1. The summed E-state index contributed by atoms with van der Waals surface area (Å²) in [6.45, 7) is 7.96. The molecule has 4 aromatic rings. The molecule has 1 aromatic heterocycles. The van der Waals surface area contributed by atoms with E-state index in [1.54, 1.807) is 50.3 Å². The third-order valence-electron chi connectivity index (χ3n) is 7.51. The average molecular weight is 784 g/mol. The molecule has 0 amide bonds. The number of allylic oxidation sites excluding steroid dienone is 1. The van der Waals surface area contributed by atoms with Gasteiger partial charge in [-0.1, -0.05) is 17.4 Å². The third kappa shape index (κ3) is 7.48. The van der Waals surface area contributed by atoms with Crippen molar-refractivity contribution in [2.24, 2.45) is 4.99 Å². The van der Waals surface area contributed by atoms with Crippen molar-refractivity contribution in [1.82, 2.24) is 4.57 Å². The number of non-ortho nitro benzene ring substituents is 1. The van der Waals surface area contributed by atoms with Gasteiger partial charge in [0.25, 0.3) is 11.2 Å². The Morgan fingerprint density at radius 2 is 1.67 bits per heavy atom. The highest BCUT2D eigenvalue weighted by atomic mass is 79.9. The minimum atomic E-state index is -0.896. The van der Waals surface area contributed by atoms with Crippen LogP contribution >= 0.6 is 27.3 Å². The second-order valence-corrected chi connectivity index (χ2v) is 12.5. The van der Waals surface area contributed by atoms with E-state index >= 15 is 0 Å². The minimum Gasteiger partial charge on any atom is -0.493 e. The highest BCUT2D eigenvalue weighted by molar-refractivity contribution is 9.10. The highest BCUT2D eigenvalue weighted by Crippen LogP contribution is 2.43. The number of ether oxygens (including phenoxy) is 5. The van der Waals surface area contributed by atoms with E-state index in [0.29, 0.717) is 50.8 Å². The molecule has 3 aromatic carbocycles. The Labute approximate surface area is 302 Å². The van der Waals surface area contributed by atoms with Crippen LogP contribution in [0.5, 0.6) is 28.7 Å². The molecule has 0 bridgehead atoms. The van der Waals surface area contributed by atoms with Gasteiger partial charge in [-0.3, -0.25) is 29.6 Å². The first-order valence-corrected chi connectivity index (χ1v) is 17.1. The van der Waals surface area contributed by atoms with Crippen molar-refractivity contribution in [2.45, 2.75) is 33.7 Å². The normalized spacial score (nSPS) is 14.0. The number of nitrogens with zero attached hydrogens (tertiary/aromatic N) is 4. The van der Waals surface area contributed by atoms with Crippen molar-refractivity contribution < 1.29 is 38.3 Å². The molecule has 1 aliphatic rings. The van der Waals surface area contributed by atoms with Crippen LogP contribution in [0, 0.1) is 20.2 Å². The van der Waals surface area contributed by atoms with E-state index in [1.807, 2.05) is 13.8 Å². The number of hydrogen-bond acceptors (Lipinski definition) is 13. The van der Waals surface area contributed by atoms with Crippen LogP contribution in [0.2, 0.25) is 0 Å². The molecule has 0 spiro atoms. The predicted molar refractivity (Wildman–Crippen MR) is 190 cm³/mol. The van der Waals surface area contributed by atoms with Crippen molar-refractivity contribution in [2.75, 3.05) is 26.9 Å². The number of nitro groups is 2. The smallest absolute Gasteiger partial charge is 0.338 e. The number of rotatable bonds is 13. The van der Waals surface area contributed by atoms with Crippen LogP contribution in [0.4, 0.5) is 11.4 Å². The fraction of sp³-hybridized carbons (Fsp3) is 0.265. The lowest BCUT2D eigenvalue weighted by molar-refractivity contribution is -0.394. The molecule has 0 saturated heterocycles. The van der Waals surface area contributed by atoms with Crippen LogP contribution in [0.25, 0.3) is 6.08 Å². The number of methoxy groups -OCH3 is 1.